The van der Waals surface area contributed by atoms with Crippen molar-refractivity contribution in [1.82, 2.24) is 19.8 Å². The van der Waals surface area contributed by atoms with Crippen molar-refractivity contribution in [3.8, 4) is 5.69 Å². The zero-order chi connectivity index (χ0) is 26.2. The van der Waals surface area contributed by atoms with Crippen LogP contribution in [0.3, 0.4) is 0 Å². The third-order valence-electron chi connectivity index (χ3n) is 6.37. The van der Waals surface area contributed by atoms with Crippen LogP contribution in [-0.2, 0) is 0 Å². The van der Waals surface area contributed by atoms with E-state index < -0.39 is 23.2 Å². The van der Waals surface area contributed by atoms with E-state index in [-0.39, 0.29) is 28.3 Å². The van der Waals surface area contributed by atoms with Crippen LogP contribution < -0.4 is 16.2 Å². The Kier molecular flexibility index (Phi) is 6.95. The van der Waals surface area contributed by atoms with Crippen LogP contribution in [0.1, 0.15) is 58.8 Å². The lowest BCUT2D eigenvalue weighted by Gasteiger charge is -2.38. The van der Waals surface area contributed by atoms with Crippen LogP contribution in [-0.4, -0.2) is 43.3 Å². The molecule has 3 amide bonds. The van der Waals surface area contributed by atoms with Crippen LogP contribution in [0.2, 0.25) is 5.02 Å². The molecule has 1 atom stereocenters. The fourth-order valence-electron chi connectivity index (χ4n) is 4.51. The third-order valence-corrected chi connectivity index (χ3v) is 6.68. The van der Waals surface area contributed by atoms with Gasteiger partial charge in [-0.05, 0) is 77.3 Å². The van der Waals surface area contributed by atoms with Crippen LogP contribution in [0, 0.1) is 0 Å². The molecule has 1 aromatic heterocycles. The van der Waals surface area contributed by atoms with E-state index in [0.29, 0.717) is 16.9 Å². The van der Waals surface area contributed by atoms with Crippen molar-refractivity contribution in [2.45, 2.75) is 64.6 Å². The Labute approximate surface area is 214 Å². The van der Waals surface area contributed by atoms with Gasteiger partial charge in [0.15, 0.2) is 0 Å². The second-order valence-corrected chi connectivity index (χ2v) is 10.4. The molecule has 1 aliphatic carbocycles. The number of rotatable bonds is 5. The lowest BCUT2D eigenvalue weighted by atomic mass is 9.93. The lowest BCUT2D eigenvalue weighted by Crippen LogP contribution is -2.47. The molecule has 36 heavy (non-hydrogen) atoms. The minimum atomic E-state index is -1.13. The molecule has 3 aromatic rings. The van der Waals surface area contributed by atoms with Crippen molar-refractivity contribution in [3.63, 3.8) is 0 Å². The molecule has 1 fully saturated rings. The quantitative estimate of drug-likeness (QED) is 0.415. The molecule has 0 aliphatic heterocycles. The van der Waals surface area contributed by atoms with Crippen molar-refractivity contribution in [3.05, 3.63) is 63.7 Å². The van der Waals surface area contributed by atoms with Gasteiger partial charge in [0.25, 0.3) is 5.56 Å². The average Bonchev–Trinajstić information content (AvgIpc) is 2.75. The van der Waals surface area contributed by atoms with Gasteiger partial charge in [-0.1, -0.05) is 23.7 Å². The largest absolute Gasteiger partial charge is 0.465 e. The summed E-state index contributed by atoms with van der Waals surface area (Å²) < 4.78 is 1.37. The molecule has 190 valence electrons. The van der Waals surface area contributed by atoms with Gasteiger partial charge in [0.2, 0.25) is 0 Å². The zero-order valence-electron chi connectivity index (χ0n) is 20.7. The second-order valence-electron chi connectivity index (χ2n) is 10.0. The summed E-state index contributed by atoms with van der Waals surface area (Å²) in [6.07, 6.45) is 1.89. The molecular weight excluding hydrogens is 482 g/mol. The number of nitrogens with one attached hydrogen (secondary N) is 2. The molecule has 10 heteroatoms. The lowest BCUT2D eigenvalue weighted by molar-refractivity contribution is 0.0719. The third kappa shape index (κ3) is 5.02. The van der Waals surface area contributed by atoms with E-state index in [0.717, 1.165) is 19.3 Å². The van der Waals surface area contributed by atoms with E-state index in [1.807, 2.05) is 0 Å². The maximum absolute atomic E-state index is 13.8. The smallest absolute Gasteiger partial charge is 0.408 e. The molecule has 0 saturated heterocycles. The zero-order valence-corrected chi connectivity index (χ0v) is 21.5. The molecule has 4 rings (SSSR count). The number of halogens is 1. The summed E-state index contributed by atoms with van der Waals surface area (Å²) in [5.74, 6) is 0.239. The van der Waals surface area contributed by atoms with Crippen LogP contribution in [0.15, 0.2) is 47.3 Å². The SMILES string of the molecule is C[C@@H](c1nc2cccc(Cl)c2c(=O)n1-c1cccc(NC(=O)NC2CCC2)c1)N(C(=O)O)C(C)(C)C. The minimum absolute atomic E-state index is 0.175. The van der Waals surface area contributed by atoms with Gasteiger partial charge >= 0.3 is 12.1 Å². The number of amides is 3. The van der Waals surface area contributed by atoms with Gasteiger partial charge in [-0.3, -0.25) is 14.3 Å². The molecule has 1 aliphatic rings. The fourth-order valence-corrected chi connectivity index (χ4v) is 4.76. The highest BCUT2D eigenvalue weighted by Crippen LogP contribution is 2.30. The Morgan fingerprint density at radius 3 is 2.50 bits per heavy atom. The average molecular weight is 512 g/mol. The normalized spacial score (nSPS) is 14.7. The number of carbonyl (C=O) groups is 2. The first-order chi connectivity index (χ1) is 17.0. The molecule has 1 saturated carbocycles. The van der Waals surface area contributed by atoms with Crippen molar-refractivity contribution >= 4 is 40.3 Å². The first kappa shape index (κ1) is 25.5. The van der Waals surface area contributed by atoms with Gasteiger partial charge in [-0.15, -0.1) is 0 Å². The number of anilines is 1. The van der Waals surface area contributed by atoms with Crippen LogP contribution in [0.4, 0.5) is 15.3 Å². The maximum atomic E-state index is 13.8. The summed E-state index contributed by atoms with van der Waals surface area (Å²) in [6, 6.07) is 10.9. The second kappa shape index (κ2) is 9.81. The Bertz CT molecular complexity index is 1380. The van der Waals surface area contributed by atoms with Crippen molar-refractivity contribution in [1.29, 1.82) is 0 Å². The number of urea groups is 1. The van der Waals surface area contributed by atoms with E-state index in [2.05, 4.69) is 10.6 Å². The summed E-state index contributed by atoms with van der Waals surface area (Å²) in [6.45, 7) is 7.04. The number of aromatic nitrogens is 2. The molecule has 0 radical (unpaired) electrons. The van der Waals surface area contributed by atoms with Gasteiger partial charge in [0.05, 0.1) is 27.7 Å². The van der Waals surface area contributed by atoms with Gasteiger partial charge in [-0.2, -0.15) is 0 Å². The molecule has 2 aromatic carbocycles. The first-order valence-corrected chi connectivity index (χ1v) is 12.3. The van der Waals surface area contributed by atoms with E-state index in [4.69, 9.17) is 16.6 Å². The van der Waals surface area contributed by atoms with Crippen molar-refractivity contribution in [2.24, 2.45) is 0 Å². The minimum Gasteiger partial charge on any atom is -0.465 e. The number of fused-ring (bicyclic) bond motifs is 1. The van der Waals surface area contributed by atoms with Crippen LogP contribution in [0.25, 0.3) is 16.6 Å². The Hall–Kier alpha value is -3.59. The van der Waals surface area contributed by atoms with E-state index >= 15 is 0 Å². The van der Waals surface area contributed by atoms with E-state index in [9.17, 15) is 19.5 Å². The monoisotopic (exact) mass is 511 g/mol. The molecule has 3 N–H and O–H groups in total. The van der Waals surface area contributed by atoms with Gasteiger partial charge < -0.3 is 15.7 Å². The van der Waals surface area contributed by atoms with Gasteiger partial charge in [0.1, 0.15) is 5.82 Å². The Morgan fingerprint density at radius 2 is 1.89 bits per heavy atom. The van der Waals surface area contributed by atoms with Crippen LogP contribution >= 0.6 is 11.6 Å². The van der Waals surface area contributed by atoms with E-state index in [1.54, 1.807) is 70.2 Å². The predicted molar refractivity (Wildman–Crippen MR) is 140 cm³/mol. The summed E-state index contributed by atoms with van der Waals surface area (Å²) in [7, 11) is 0. The summed E-state index contributed by atoms with van der Waals surface area (Å²) in [5, 5.41) is 16.2. The highest BCUT2D eigenvalue weighted by atomic mass is 35.5. The summed E-state index contributed by atoms with van der Waals surface area (Å²) in [4.78, 5) is 44.4. The Morgan fingerprint density at radius 1 is 1.19 bits per heavy atom. The molecule has 0 bridgehead atoms. The van der Waals surface area contributed by atoms with Crippen LogP contribution in [0.5, 0.6) is 0 Å². The maximum Gasteiger partial charge on any atom is 0.408 e. The molecule has 1 heterocycles. The van der Waals surface area contributed by atoms with Crippen molar-refractivity contribution in [2.75, 3.05) is 5.32 Å². The number of nitrogens with zero attached hydrogens (tertiary/aromatic N) is 3. The fraction of sp³-hybridized carbons (Fsp3) is 0.385. The number of carboxylic acid groups (broad SMARTS) is 1. The molecule has 9 nitrogen and oxygen atoms in total. The molecule has 0 spiro atoms. The number of carbonyl (C=O) groups excluding carboxylic acids is 1. The number of benzene rings is 2. The van der Waals surface area contributed by atoms with Crippen molar-refractivity contribution < 1.29 is 14.7 Å². The highest BCUT2D eigenvalue weighted by molar-refractivity contribution is 6.35. The first-order valence-electron chi connectivity index (χ1n) is 11.9. The standard InChI is InChI=1S/C26H30ClN5O4/c1-15(32(25(35)36)26(2,3)4)22-30-20-13-7-12-19(27)21(20)23(33)31(22)18-11-6-10-17(14-18)29-24(34)28-16-8-5-9-16/h6-7,10-16H,5,8-9H2,1-4H3,(H,35,36)(H2,28,29,34)/t15-/m0/s1. The predicted octanol–water partition coefficient (Wildman–Crippen LogP) is 5.55. The summed E-state index contributed by atoms with van der Waals surface area (Å²) in [5.41, 5.74) is 0.0961. The molecule has 0 unspecified atom stereocenters. The topological polar surface area (TPSA) is 117 Å². The number of hydrogen-bond donors (Lipinski definition) is 3. The molecular formula is C26H30ClN5O4. The summed E-state index contributed by atoms with van der Waals surface area (Å²) >= 11 is 6.38. The van der Waals surface area contributed by atoms with Gasteiger partial charge in [0, 0.05) is 17.3 Å². The van der Waals surface area contributed by atoms with Gasteiger partial charge in [-0.25, -0.2) is 14.6 Å². The van der Waals surface area contributed by atoms with E-state index in [1.165, 1.54) is 9.47 Å². The highest BCUT2D eigenvalue weighted by Gasteiger charge is 2.34. The Balaban J connectivity index is 1.86. The number of hydrogen-bond acceptors (Lipinski definition) is 4.